The number of imidazole rings is 1. The topological polar surface area (TPSA) is 134 Å². The van der Waals surface area contributed by atoms with Gasteiger partial charge in [-0.3, -0.25) is 14.8 Å². The minimum atomic E-state index is -0.461. The van der Waals surface area contributed by atoms with Gasteiger partial charge in [0.15, 0.2) is 5.69 Å². The van der Waals surface area contributed by atoms with E-state index in [-0.39, 0.29) is 24.1 Å². The lowest BCUT2D eigenvalue weighted by molar-refractivity contribution is -0.0947. The zero-order valence-corrected chi connectivity index (χ0v) is 29.8. The second-order valence-corrected chi connectivity index (χ2v) is 14.6. The summed E-state index contributed by atoms with van der Waals surface area (Å²) in [5.41, 5.74) is 5.07. The zero-order chi connectivity index (χ0) is 35.8. The molecule has 0 spiro atoms. The number of H-pyrrole nitrogens is 1. The summed E-state index contributed by atoms with van der Waals surface area (Å²) >= 11 is 5.88. The van der Waals surface area contributed by atoms with Crippen molar-refractivity contribution in [1.82, 2.24) is 29.6 Å². The van der Waals surface area contributed by atoms with Crippen LogP contribution in [0.4, 0.5) is 10.1 Å². The number of piperidine rings is 1. The van der Waals surface area contributed by atoms with Gasteiger partial charge >= 0.3 is 0 Å². The lowest BCUT2D eigenvalue weighted by atomic mass is 9.93. The van der Waals surface area contributed by atoms with Gasteiger partial charge in [0.05, 0.1) is 38.6 Å². The molecule has 52 heavy (non-hydrogen) atoms. The SMILES string of the molecule is N#Cc1n[nH]c2ccc(NC(=O)c3ccc4c(c3)nc(CN3CCC(c5cccc(OCc6ccc(Cl)cc6F)n5)CC3)n4C[C@]3([Si])CCO3)cc12. The van der Waals surface area contributed by atoms with E-state index >= 15 is 0 Å². The number of nitrogens with one attached hydrogen (secondary N) is 2. The largest absolute Gasteiger partial charge is 0.473 e. The third-order valence-corrected chi connectivity index (χ3v) is 10.6. The lowest BCUT2D eigenvalue weighted by Crippen LogP contribution is -2.48. The normalized spacial score (nSPS) is 18.0. The number of anilines is 1. The average molecular weight is 732 g/mol. The Kier molecular flexibility index (Phi) is 9.23. The monoisotopic (exact) mass is 731 g/mol. The molecule has 6 aromatic rings. The molecule has 3 aromatic heterocycles. The first-order chi connectivity index (χ1) is 25.2. The molecule has 2 fully saturated rings. The number of carbonyl (C=O) groups is 1. The third kappa shape index (κ3) is 7.02. The summed E-state index contributed by atoms with van der Waals surface area (Å²) in [4.78, 5) is 25.6. The van der Waals surface area contributed by atoms with Crippen LogP contribution in [0.2, 0.25) is 5.02 Å². The molecule has 261 valence electrons. The maximum absolute atomic E-state index is 14.2. The molecule has 0 unspecified atom stereocenters. The second-order valence-electron chi connectivity index (χ2n) is 13.3. The number of amides is 1. The maximum Gasteiger partial charge on any atom is 0.255 e. The first-order valence-electron chi connectivity index (χ1n) is 17.1. The number of ether oxygens (including phenoxy) is 2. The van der Waals surface area contributed by atoms with Gasteiger partial charge in [-0.1, -0.05) is 23.7 Å². The van der Waals surface area contributed by atoms with E-state index < -0.39 is 11.0 Å². The van der Waals surface area contributed by atoms with Gasteiger partial charge in [0.2, 0.25) is 5.88 Å². The molecular formula is C38H33ClFN8O3Si. The van der Waals surface area contributed by atoms with Crippen LogP contribution in [-0.2, 0) is 24.4 Å². The highest BCUT2D eigenvalue weighted by atomic mass is 35.5. The van der Waals surface area contributed by atoms with Crippen LogP contribution in [-0.4, -0.2) is 70.7 Å². The molecule has 11 nitrogen and oxygen atoms in total. The highest BCUT2D eigenvalue weighted by Crippen LogP contribution is 2.32. The highest BCUT2D eigenvalue weighted by Gasteiger charge is 2.35. The van der Waals surface area contributed by atoms with Crippen LogP contribution in [0.25, 0.3) is 21.9 Å². The number of hydrogen-bond acceptors (Lipinski definition) is 8. The number of nitrogens with zero attached hydrogens (tertiary/aromatic N) is 6. The number of hydrogen-bond donors (Lipinski definition) is 2. The number of halogens is 2. The molecule has 5 heterocycles. The van der Waals surface area contributed by atoms with Crippen molar-refractivity contribution in [1.29, 1.82) is 5.26 Å². The minimum absolute atomic E-state index is 0.0675. The van der Waals surface area contributed by atoms with E-state index in [1.165, 1.54) is 6.07 Å². The Bertz CT molecular complexity index is 2340. The van der Waals surface area contributed by atoms with Gasteiger partial charge in [0, 0.05) is 58.1 Å². The smallest absolute Gasteiger partial charge is 0.255 e. The van der Waals surface area contributed by atoms with Gasteiger partial charge in [0.1, 0.15) is 24.3 Å². The standard InChI is InChI=1S/C38H33ClFN8O3Si/c39-26-6-4-25(29(40)17-26)21-50-36-3-1-2-30(44-36)23-10-13-47(14-11-23)20-35-43-32-16-24(5-9-34(32)48(35)22-38(52)12-15-51-38)37(49)42-27-7-8-31-28(18-27)33(19-41)46-45-31/h1-9,16-18,23H,10-15,20-22H2,(H,42,49)(H,45,46)/t38-/m1/s1. The first kappa shape index (κ1) is 34.0. The zero-order valence-electron chi connectivity index (χ0n) is 28.0. The third-order valence-electron chi connectivity index (χ3n) is 9.82. The van der Waals surface area contributed by atoms with E-state index in [9.17, 15) is 14.4 Å². The Morgan fingerprint density at radius 1 is 1.13 bits per heavy atom. The van der Waals surface area contributed by atoms with Crippen molar-refractivity contribution >= 4 is 55.4 Å². The molecule has 2 saturated heterocycles. The van der Waals surface area contributed by atoms with E-state index in [1.807, 2.05) is 24.3 Å². The Hall–Kier alpha value is -5.13. The molecule has 1 amide bonds. The van der Waals surface area contributed by atoms with Gasteiger partial charge in [-0.15, -0.1) is 0 Å². The number of pyridine rings is 1. The van der Waals surface area contributed by atoms with E-state index in [2.05, 4.69) is 41.3 Å². The van der Waals surface area contributed by atoms with Crippen LogP contribution in [0.3, 0.4) is 0 Å². The Morgan fingerprint density at radius 3 is 2.75 bits per heavy atom. The minimum Gasteiger partial charge on any atom is -0.473 e. The first-order valence-corrected chi connectivity index (χ1v) is 18.0. The van der Waals surface area contributed by atoms with Crippen molar-refractivity contribution in [2.24, 2.45) is 0 Å². The Balaban J connectivity index is 0.956. The summed E-state index contributed by atoms with van der Waals surface area (Å²) in [5.74, 6) is 0.946. The molecule has 14 heteroatoms. The van der Waals surface area contributed by atoms with Gasteiger partial charge in [-0.25, -0.2) is 14.4 Å². The number of benzene rings is 3. The van der Waals surface area contributed by atoms with Crippen LogP contribution in [0, 0.1) is 17.1 Å². The molecule has 8 rings (SSSR count). The molecule has 2 N–H and O–H groups in total. The summed E-state index contributed by atoms with van der Waals surface area (Å²) in [6.45, 7) is 3.70. The van der Waals surface area contributed by atoms with E-state index in [1.54, 1.807) is 42.5 Å². The van der Waals surface area contributed by atoms with Crippen molar-refractivity contribution in [2.75, 3.05) is 25.0 Å². The van der Waals surface area contributed by atoms with Crippen LogP contribution < -0.4 is 10.1 Å². The molecule has 0 saturated carbocycles. The predicted octanol–water partition coefficient (Wildman–Crippen LogP) is 6.47. The number of likely N-dealkylation sites (tertiary alicyclic amines) is 1. The summed E-state index contributed by atoms with van der Waals surface area (Å²) in [7, 11) is 3.85. The van der Waals surface area contributed by atoms with Gasteiger partial charge in [-0.2, -0.15) is 10.4 Å². The van der Waals surface area contributed by atoms with E-state index in [0.29, 0.717) is 52.8 Å². The number of carbonyl (C=O) groups excluding carboxylic acids is 1. The summed E-state index contributed by atoms with van der Waals surface area (Å²) in [5, 5.41) is 19.7. The summed E-state index contributed by atoms with van der Waals surface area (Å²) in [6.07, 6.45) is 2.71. The molecular weight excluding hydrogens is 699 g/mol. The Morgan fingerprint density at radius 2 is 1.98 bits per heavy atom. The fourth-order valence-corrected chi connectivity index (χ4v) is 7.36. The Labute approximate surface area is 307 Å². The number of nitriles is 1. The fraction of sp³-hybridized carbons (Fsp3) is 0.289. The highest BCUT2D eigenvalue weighted by molar-refractivity contribution is 6.30. The van der Waals surface area contributed by atoms with E-state index in [0.717, 1.165) is 60.4 Å². The average Bonchev–Trinajstić information content (AvgIpc) is 3.70. The summed E-state index contributed by atoms with van der Waals surface area (Å²) < 4.78 is 28.2. The van der Waals surface area contributed by atoms with Crippen molar-refractivity contribution < 1.29 is 18.7 Å². The number of aromatic nitrogens is 5. The van der Waals surface area contributed by atoms with Crippen molar-refractivity contribution in [2.45, 2.75) is 50.1 Å². The summed E-state index contributed by atoms with van der Waals surface area (Å²) in [6, 6.07) is 23.2. The number of fused-ring (bicyclic) bond motifs is 2. The van der Waals surface area contributed by atoms with Crippen LogP contribution in [0.15, 0.2) is 72.8 Å². The number of rotatable bonds is 10. The van der Waals surface area contributed by atoms with Crippen LogP contribution in [0.1, 0.15) is 58.3 Å². The van der Waals surface area contributed by atoms with Crippen LogP contribution >= 0.6 is 11.6 Å². The van der Waals surface area contributed by atoms with Gasteiger partial charge < -0.3 is 19.4 Å². The molecule has 0 bridgehead atoms. The fourth-order valence-electron chi connectivity index (χ4n) is 6.84. The number of aromatic amines is 1. The van der Waals surface area contributed by atoms with E-state index in [4.69, 9.17) is 31.0 Å². The molecule has 3 aromatic carbocycles. The quantitative estimate of drug-likeness (QED) is 0.153. The second kappa shape index (κ2) is 14.1. The van der Waals surface area contributed by atoms with Crippen molar-refractivity contribution in [3.05, 3.63) is 112 Å². The lowest BCUT2D eigenvalue weighted by Gasteiger charge is -2.39. The van der Waals surface area contributed by atoms with Gasteiger partial charge in [-0.05, 0) is 86.9 Å². The molecule has 2 aliphatic rings. The van der Waals surface area contributed by atoms with Gasteiger partial charge in [0.25, 0.3) is 5.91 Å². The van der Waals surface area contributed by atoms with Crippen molar-refractivity contribution in [3.8, 4) is 11.9 Å². The molecule has 0 aliphatic carbocycles. The van der Waals surface area contributed by atoms with Crippen molar-refractivity contribution in [3.63, 3.8) is 0 Å². The molecule has 2 aliphatic heterocycles. The molecule has 1 atom stereocenters. The van der Waals surface area contributed by atoms with Crippen LogP contribution in [0.5, 0.6) is 5.88 Å². The maximum atomic E-state index is 14.2. The predicted molar refractivity (Wildman–Crippen MR) is 195 cm³/mol. The molecule has 3 radical (unpaired) electrons.